The fourth-order valence-electron chi connectivity index (χ4n) is 1.63. The summed E-state index contributed by atoms with van der Waals surface area (Å²) in [5.74, 6) is 0.791. The van der Waals surface area contributed by atoms with Gasteiger partial charge in [0.05, 0.1) is 5.69 Å². The van der Waals surface area contributed by atoms with Gasteiger partial charge in [-0.05, 0) is 18.2 Å². The second-order valence-electron chi connectivity index (χ2n) is 3.80. The first-order valence-corrected chi connectivity index (χ1v) is 7.55. The molecule has 3 nitrogen and oxygen atoms in total. The minimum absolute atomic E-state index is 0.706. The molecule has 92 valence electrons. The van der Waals surface area contributed by atoms with Gasteiger partial charge in [0.2, 0.25) is 0 Å². The summed E-state index contributed by atoms with van der Waals surface area (Å²) in [6.45, 7) is 0. The monoisotopic (exact) mass is 295 g/mol. The van der Waals surface area contributed by atoms with Crippen molar-refractivity contribution in [2.75, 3.05) is 5.73 Å². The lowest BCUT2D eigenvalue weighted by Gasteiger charge is -2.04. The number of hydrogen-bond donors (Lipinski definition) is 1. The smallest absolute Gasteiger partial charge is 0.193 e. The Bertz CT molecular complexity index is 661. The molecular weight excluding hydrogens is 286 g/mol. The van der Waals surface area contributed by atoms with Gasteiger partial charge in [-0.15, -0.1) is 23.1 Å². The molecular formula is C12H10ClN3S2. The molecule has 0 amide bonds. The third kappa shape index (κ3) is 2.34. The normalized spacial score (nSPS) is 11.2. The highest BCUT2D eigenvalue weighted by Crippen LogP contribution is 2.30. The maximum absolute atomic E-state index is 5.96. The first-order chi connectivity index (χ1) is 8.72. The summed E-state index contributed by atoms with van der Waals surface area (Å²) in [6, 6.07) is 5.52. The molecule has 0 fully saturated rings. The number of rotatable bonds is 3. The highest BCUT2D eigenvalue weighted by atomic mass is 35.5. The van der Waals surface area contributed by atoms with Crippen LogP contribution in [0.4, 0.5) is 5.69 Å². The van der Waals surface area contributed by atoms with Crippen molar-refractivity contribution in [1.82, 2.24) is 9.38 Å². The Kier molecular flexibility index (Phi) is 3.20. The van der Waals surface area contributed by atoms with Crippen LogP contribution in [-0.4, -0.2) is 9.38 Å². The summed E-state index contributed by atoms with van der Waals surface area (Å²) in [6.07, 6.45) is 4.05. The van der Waals surface area contributed by atoms with Crippen molar-refractivity contribution < 1.29 is 0 Å². The molecule has 0 saturated heterocycles. The topological polar surface area (TPSA) is 43.3 Å². The average molecular weight is 296 g/mol. The summed E-state index contributed by atoms with van der Waals surface area (Å²) < 4.78 is 2.03. The number of benzene rings is 1. The summed E-state index contributed by atoms with van der Waals surface area (Å²) >= 11 is 9.24. The van der Waals surface area contributed by atoms with E-state index < -0.39 is 0 Å². The van der Waals surface area contributed by atoms with E-state index in [1.807, 2.05) is 34.3 Å². The molecule has 0 bridgehead atoms. The zero-order chi connectivity index (χ0) is 12.5. The summed E-state index contributed by atoms with van der Waals surface area (Å²) in [5, 5.41) is 2.73. The molecule has 0 atom stereocenters. The van der Waals surface area contributed by atoms with Gasteiger partial charge in [0.1, 0.15) is 0 Å². The summed E-state index contributed by atoms with van der Waals surface area (Å²) in [7, 11) is 0. The fourth-order valence-corrected chi connectivity index (χ4v) is 3.47. The highest BCUT2D eigenvalue weighted by molar-refractivity contribution is 7.98. The second kappa shape index (κ2) is 4.84. The molecule has 0 aliphatic rings. The van der Waals surface area contributed by atoms with Crippen LogP contribution >= 0.6 is 34.7 Å². The van der Waals surface area contributed by atoms with E-state index in [-0.39, 0.29) is 0 Å². The number of imidazole rings is 1. The Morgan fingerprint density at radius 2 is 2.33 bits per heavy atom. The number of nitrogen functional groups attached to an aromatic ring is 1. The largest absolute Gasteiger partial charge is 0.398 e. The third-order valence-corrected chi connectivity index (χ3v) is 4.60. The predicted octanol–water partition coefficient (Wildman–Crippen LogP) is 3.92. The van der Waals surface area contributed by atoms with E-state index in [9.17, 15) is 0 Å². The Morgan fingerprint density at radius 3 is 3.17 bits per heavy atom. The van der Waals surface area contributed by atoms with Crippen molar-refractivity contribution in [1.29, 1.82) is 0 Å². The highest BCUT2D eigenvalue weighted by Gasteiger charge is 2.05. The number of fused-ring (bicyclic) bond motifs is 1. The fraction of sp³-hybridized carbons (Fsp3) is 0.0833. The second-order valence-corrected chi connectivity index (χ2v) is 6.12. The number of aromatic nitrogens is 2. The van der Waals surface area contributed by atoms with Gasteiger partial charge in [-0.2, -0.15) is 0 Å². The molecule has 2 aromatic heterocycles. The van der Waals surface area contributed by atoms with Crippen LogP contribution in [0.2, 0.25) is 5.02 Å². The maximum Gasteiger partial charge on any atom is 0.193 e. The van der Waals surface area contributed by atoms with Crippen molar-refractivity contribution in [3.05, 3.63) is 46.7 Å². The number of anilines is 1. The number of thioether (sulfide) groups is 1. The van der Waals surface area contributed by atoms with E-state index in [4.69, 9.17) is 17.3 Å². The predicted molar refractivity (Wildman–Crippen MR) is 78.5 cm³/mol. The van der Waals surface area contributed by atoms with Gasteiger partial charge in [-0.1, -0.05) is 11.6 Å². The molecule has 18 heavy (non-hydrogen) atoms. The van der Waals surface area contributed by atoms with Crippen LogP contribution in [0.5, 0.6) is 0 Å². The Morgan fingerprint density at radius 1 is 1.44 bits per heavy atom. The van der Waals surface area contributed by atoms with Crippen LogP contribution in [0.3, 0.4) is 0 Å². The van der Waals surface area contributed by atoms with E-state index in [0.29, 0.717) is 5.02 Å². The average Bonchev–Trinajstić information content (AvgIpc) is 2.90. The van der Waals surface area contributed by atoms with Crippen molar-refractivity contribution >= 4 is 45.3 Å². The van der Waals surface area contributed by atoms with E-state index in [2.05, 4.69) is 4.98 Å². The molecule has 6 heteroatoms. The lowest BCUT2D eigenvalue weighted by molar-refractivity contribution is 1.21. The van der Waals surface area contributed by atoms with Gasteiger partial charge >= 0.3 is 0 Å². The molecule has 0 aliphatic carbocycles. The lowest BCUT2D eigenvalue weighted by atomic mass is 10.3. The molecule has 0 saturated carbocycles. The molecule has 0 radical (unpaired) electrons. The Labute approximate surface area is 118 Å². The maximum atomic E-state index is 5.96. The number of thiazole rings is 1. The van der Waals surface area contributed by atoms with Gasteiger partial charge in [-0.25, -0.2) is 4.98 Å². The minimum atomic E-state index is 0.706. The van der Waals surface area contributed by atoms with Gasteiger partial charge in [0.25, 0.3) is 0 Å². The van der Waals surface area contributed by atoms with Crippen molar-refractivity contribution in [2.24, 2.45) is 0 Å². The molecule has 2 heterocycles. The molecule has 0 spiro atoms. The SMILES string of the molecule is Nc1ccc(Cl)cc1SCc1cn2ccsc2n1. The van der Waals surface area contributed by atoms with Gasteiger partial charge in [0.15, 0.2) is 4.96 Å². The molecule has 0 aliphatic heterocycles. The van der Waals surface area contributed by atoms with Crippen molar-refractivity contribution in [2.45, 2.75) is 10.6 Å². The van der Waals surface area contributed by atoms with E-state index in [0.717, 1.165) is 27.0 Å². The summed E-state index contributed by atoms with van der Waals surface area (Å²) in [5.41, 5.74) is 7.71. The molecule has 0 unspecified atom stereocenters. The van der Waals surface area contributed by atoms with Crippen molar-refractivity contribution in [3.63, 3.8) is 0 Å². The number of hydrogen-bond acceptors (Lipinski definition) is 4. The van der Waals surface area contributed by atoms with Gasteiger partial charge in [-0.3, -0.25) is 4.40 Å². The third-order valence-electron chi connectivity index (χ3n) is 2.49. The summed E-state index contributed by atoms with van der Waals surface area (Å²) in [4.78, 5) is 6.54. The quantitative estimate of drug-likeness (QED) is 0.588. The van der Waals surface area contributed by atoms with Gasteiger partial charge < -0.3 is 5.73 Å². The van der Waals surface area contributed by atoms with Crippen molar-refractivity contribution in [3.8, 4) is 0 Å². The van der Waals surface area contributed by atoms with Crippen LogP contribution < -0.4 is 5.73 Å². The van der Waals surface area contributed by atoms with Crippen LogP contribution in [0.25, 0.3) is 4.96 Å². The van der Waals surface area contributed by atoms with Crippen LogP contribution in [-0.2, 0) is 5.75 Å². The van der Waals surface area contributed by atoms with E-state index in [1.54, 1.807) is 29.2 Å². The van der Waals surface area contributed by atoms with E-state index in [1.165, 1.54) is 0 Å². The number of halogens is 1. The number of nitrogens with zero attached hydrogens (tertiary/aromatic N) is 2. The molecule has 1 aromatic carbocycles. The Balaban J connectivity index is 1.77. The zero-order valence-corrected chi connectivity index (χ0v) is 11.7. The first kappa shape index (κ1) is 11.9. The first-order valence-electron chi connectivity index (χ1n) is 5.31. The van der Waals surface area contributed by atoms with Crippen LogP contribution in [0.15, 0.2) is 40.9 Å². The standard InChI is InChI=1S/C12H10ClN3S2/c13-8-1-2-10(14)11(5-8)18-7-9-6-16-3-4-17-12(16)15-9/h1-6H,7,14H2. The lowest BCUT2D eigenvalue weighted by Crippen LogP contribution is -1.89. The van der Waals surface area contributed by atoms with Crippen LogP contribution in [0.1, 0.15) is 5.69 Å². The Hall–Kier alpha value is -1.17. The molecule has 3 rings (SSSR count). The van der Waals surface area contributed by atoms with E-state index >= 15 is 0 Å². The van der Waals surface area contributed by atoms with Crippen LogP contribution in [0, 0.1) is 0 Å². The number of nitrogens with two attached hydrogens (primary N) is 1. The zero-order valence-electron chi connectivity index (χ0n) is 9.34. The molecule has 3 aromatic rings. The minimum Gasteiger partial charge on any atom is -0.398 e. The molecule has 2 N–H and O–H groups in total. The van der Waals surface area contributed by atoms with Gasteiger partial charge in [0, 0.05) is 39.1 Å².